The van der Waals surface area contributed by atoms with Crippen molar-refractivity contribution in [2.45, 2.75) is 13.0 Å². The van der Waals surface area contributed by atoms with E-state index in [0.29, 0.717) is 13.1 Å². The smallest absolute Gasteiger partial charge is 0.314 e. The van der Waals surface area contributed by atoms with Crippen molar-refractivity contribution in [3.63, 3.8) is 0 Å². The van der Waals surface area contributed by atoms with Gasteiger partial charge in [0, 0.05) is 37.3 Å². The third-order valence-corrected chi connectivity index (χ3v) is 8.19. The highest BCUT2D eigenvalue weighted by Gasteiger charge is 2.33. The van der Waals surface area contributed by atoms with Crippen molar-refractivity contribution in [3.05, 3.63) is 65.6 Å². The molecule has 0 spiro atoms. The van der Waals surface area contributed by atoms with Crippen molar-refractivity contribution in [2.75, 3.05) is 36.7 Å². The van der Waals surface area contributed by atoms with Crippen LogP contribution in [0, 0.1) is 11.6 Å². The van der Waals surface area contributed by atoms with E-state index in [4.69, 9.17) is 4.42 Å². The fraction of sp³-hybridized carbons (Fsp3) is 0.333. The zero-order valence-corrected chi connectivity index (χ0v) is 20.1. The van der Waals surface area contributed by atoms with Crippen LogP contribution in [0.25, 0.3) is 11.5 Å². The number of piperazine rings is 1. The number of nitrogens with zero attached hydrogens (tertiary/aromatic N) is 5. The number of hydrogen-bond acceptors (Lipinski definition) is 7. The van der Waals surface area contributed by atoms with E-state index in [1.165, 1.54) is 46.6 Å². The Hall–Kier alpha value is -2.68. The highest BCUT2D eigenvalue weighted by molar-refractivity contribution is 7.96. The van der Waals surface area contributed by atoms with Gasteiger partial charge in [0.05, 0.1) is 12.2 Å². The molecule has 2 heterocycles. The standard InChI is InChI=1S/C21H21F4N5O3S2/c1-34-28-7-9-29(10-8-28)35(31,32)30(17-4-2-3-16(22)12-17)13-15-6-5-14(11-18(15)23)20-26-27-21(33-20)19(24)25/h2-6,11-12,19H,7-10,13H2,1H3. The van der Waals surface area contributed by atoms with Crippen molar-refractivity contribution in [2.24, 2.45) is 0 Å². The van der Waals surface area contributed by atoms with Crippen LogP contribution < -0.4 is 4.31 Å². The fourth-order valence-electron chi connectivity index (χ4n) is 3.56. The van der Waals surface area contributed by atoms with Gasteiger partial charge >= 0.3 is 16.6 Å². The molecule has 14 heteroatoms. The molecule has 8 nitrogen and oxygen atoms in total. The van der Waals surface area contributed by atoms with Crippen LogP contribution >= 0.6 is 11.9 Å². The van der Waals surface area contributed by atoms with Crippen molar-refractivity contribution >= 4 is 27.8 Å². The van der Waals surface area contributed by atoms with E-state index in [0.717, 1.165) is 16.4 Å². The second-order valence-electron chi connectivity index (χ2n) is 7.56. The van der Waals surface area contributed by atoms with Gasteiger partial charge in [-0.2, -0.15) is 21.5 Å². The number of aromatic nitrogens is 2. The molecule has 0 atom stereocenters. The molecule has 1 aliphatic heterocycles. The van der Waals surface area contributed by atoms with Crippen molar-refractivity contribution in [3.8, 4) is 11.5 Å². The minimum Gasteiger partial charge on any atom is -0.415 e. The summed E-state index contributed by atoms with van der Waals surface area (Å²) in [4.78, 5) is 0. The van der Waals surface area contributed by atoms with Gasteiger partial charge < -0.3 is 4.42 Å². The lowest BCUT2D eigenvalue weighted by Gasteiger charge is -2.36. The molecule has 1 saturated heterocycles. The lowest BCUT2D eigenvalue weighted by Crippen LogP contribution is -2.51. The number of benzene rings is 2. The zero-order chi connectivity index (χ0) is 25.2. The first-order chi connectivity index (χ1) is 16.7. The summed E-state index contributed by atoms with van der Waals surface area (Å²) in [5.74, 6) is -2.65. The van der Waals surface area contributed by atoms with Gasteiger partial charge in [0.1, 0.15) is 11.6 Å². The van der Waals surface area contributed by atoms with Crippen LogP contribution in [0.3, 0.4) is 0 Å². The van der Waals surface area contributed by atoms with Crippen LogP contribution in [0.2, 0.25) is 0 Å². The topological polar surface area (TPSA) is 82.8 Å². The van der Waals surface area contributed by atoms with Crippen LogP contribution in [-0.4, -0.2) is 59.7 Å². The molecular weight excluding hydrogens is 510 g/mol. The summed E-state index contributed by atoms with van der Waals surface area (Å²) in [5, 5.41) is 6.70. The molecule has 4 rings (SSSR count). The number of alkyl halides is 2. The van der Waals surface area contributed by atoms with Gasteiger partial charge in [-0.3, -0.25) is 4.31 Å². The van der Waals surface area contributed by atoms with Gasteiger partial charge in [0.2, 0.25) is 5.89 Å². The monoisotopic (exact) mass is 531 g/mol. The normalized spacial score (nSPS) is 15.6. The molecular formula is C21H21F4N5O3S2. The molecule has 35 heavy (non-hydrogen) atoms. The first-order valence-electron chi connectivity index (χ1n) is 10.4. The molecule has 1 aliphatic rings. The highest BCUT2D eigenvalue weighted by atomic mass is 32.2. The largest absolute Gasteiger partial charge is 0.415 e. The average Bonchev–Trinajstić information content (AvgIpc) is 3.34. The molecule has 3 aromatic rings. The summed E-state index contributed by atoms with van der Waals surface area (Å²) in [7, 11) is -4.14. The number of anilines is 1. The van der Waals surface area contributed by atoms with Gasteiger partial charge in [-0.15, -0.1) is 10.2 Å². The summed E-state index contributed by atoms with van der Waals surface area (Å²) in [6.07, 6.45) is -1.07. The maximum absolute atomic E-state index is 15.0. The van der Waals surface area contributed by atoms with Gasteiger partial charge in [-0.25, -0.2) is 13.1 Å². The van der Waals surface area contributed by atoms with Gasteiger partial charge in [0.25, 0.3) is 5.89 Å². The Labute approximate surface area is 203 Å². The third kappa shape index (κ3) is 5.60. The zero-order valence-electron chi connectivity index (χ0n) is 18.4. The second kappa shape index (κ2) is 10.5. The molecule has 0 N–H and O–H groups in total. The first-order valence-corrected chi connectivity index (χ1v) is 13.0. The first kappa shape index (κ1) is 25.4. The molecule has 188 valence electrons. The minimum absolute atomic E-state index is 0.0158. The molecule has 0 bridgehead atoms. The average molecular weight is 532 g/mol. The quantitative estimate of drug-likeness (QED) is 0.320. The fourth-order valence-corrected chi connectivity index (χ4v) is 5.68. The number of hydrogen-bond donors (Lipinski definition) is 0. The van der Waals surface area contributed by atoms with Crippen molar-refractivity contribution < 1.29 is 30.4 Å². The predicted molar refractivity (Wildman–Crippen MR) is 123 cm³/mol. The minimum atomic E-state index is -4.14. The van der Waals surface area contributed by atoms with Crippen LogP contribution in [-0.2, 0) is 16.8 Å². The molecule has 1 aromatic heterocycles. The van der Waals surface area contributed by atoms with Gasteiger partial charge in [0.15, 0.2) is 0 Å². The van der Waals surface area contributed by atoms with E-state index >= 15 is 4.39 Å². The molecule has 0 radical (unpaired) electrons. The molecule has 0 amide bonds. The lowest BCUT2D eigenvalue weighted by molar-refractivity contribution is 0.116. The van der Waals surface area contributed by atoms with E-state index in [1.54, 1.807) is 0 Å². The Morgan fingerprint density at radius 2 is 1.83 bits per heavy atom. The Morgan fingerprint density at radius 1 is 1.09 bits per heavy atom. The van der Waals surface area contributed by atoms with E-state index in [-0.39, 0.29) is 35.8 Å². The third-order valence-electron chi connectivity index (χ3n) is 5.40. The Morgan fingerprint density at radius 3 is 2.43 bits per heavy atom. The Balaban J connectivity index is 1.64. The van der Waals surface area contributed by atoms with Gasteiger partial charge in [-0.05, 0) is 36.6 Å². The molecule has 0 aliphatic carbocycles. The summed E-state index contributed by atoms with van der Waals surface area (Å²) >= 11 is 1.51. The van der Waals surface area contributed by atoms with Gasteiger partial charge in [-0.1, -0.05) is 24.1 Å². The Bertz CT molecular complexity index is 1280. The molecule has 0 saturated carbocycles. The summed E-state index contributed by atoms with van der Waals surface area (Å²) in [6, 6.07) is 8.68. The highest BCUT2D eigenvalue weighted by Crippen LogP contribution is 2.29. The van der Waals surface area contributed by atoms with Crippen molar-refractivity contribution in [1.82, 2.24) is 18.8 Å². The van der Waals surface area contributed by atoms with E-state index < -0.39 is 40.7 Å². The molecule has 2 aromatic carbocycles. The Kier molecular flexibility index (Phi) is 7.64. The molecule has 0 unspecified atom stereocenters. The van der Waals surface area contributed by atoms with Crippen molar-refractivity contribution in [1.29, 1.82) is 0 Å². The van der Waals surface area contributed by atoms with E-state index in [1.807, 2.05) is 10.6 Å². The van der Waals surface area contributed by atoms with Crippen LogP contribution in [0.5, 0.6) is 0 Å². The van der Waals surface area contributed by atoms with Crippen LogP contribution in [0.1, 0.15) is 17.9 Å². The predicted octanol–water partition coefficient (Wildman–Crippen LogP) is 4.10. The maximum atomic E-state index is 15.0. The maximum Gasteiger partial charge on any atom is 0.314 e. The van der Waals surface area contributed by atoms with E-state index in [9.17, 15) is 21.6 Å². The summed E-state index contributed by atoms with van der Waals surface area (Å²) in [5.41, 5.74) is 0.0798. The lowest BCUT2D eigenvalue weighted by atomic mass is 10.1. The molecule has 1 fully saturated rings. The SMILES string of the molecule is CSN1CCN(S(=O)(=O)N(Cc2ccc(-c3nnc(C(F)F)o3)cc2F)c2cccc(F)c2)CC1. The van der Waals surface area contributed by atoms with Crippen LogP contribution in [0.15, 0.2) is 46.9 Å². The summed E-state index contributed by atoms with van der Waals surface area (Å²) < 4.78 is 90.6. The number of halogens is 4. The second-order valence-corrected chi connectivity index (χ2v) is 10.3. The van der Waals surface area contributed by atoms with Crippen LogP contribution in [0.4, 0.5) is 23.2 Å². The number of rotatable bonds is 8. The summed E-state index contributed by atoms with van der Waals surface area (Å²) in [6.45, 7) is 1.03. The van der Waals surface area contributed by atoms with E-state index in [2.05, 4.69) is 10.2 Å².